The minimum absolute atomic E-state index is 0. The lowest BCUT2D eigenvalue weighted by Crippen LogP contribution is -2.39. The molecular formula is C18H22ClF3IN3O2S. The van der Waals surface area contributed by atoms with Crippen LogP contribution in [0.3, 0.4) is 0 Å². The molecule has 0 amide bonds. The third kappa shape index (κ3) is 9.87. The zero-order valence-corrected chi connectivity index (χ0v) is 19.4. The van der Waals surface area contributed by atoms with Crippen LogP contribution in [0.25, 0.3) is 0 Å². The molecule has 1 aromatic heterocycles. The van der Waals surface area contributed by atoms with E-state index in [1.54, 1.807) is 24.3 Å². The summed E-state index contributed by atoms with van der Waals surface area (Å²) in [6, 6.07) is 9.75. The number of ether oxygens (including phenoxy) is 1. The first-order chi connectivity index (χ1) is 13.3. The second kappa shape index (κ2) is 12.5. The van der Waals surface area contributed by atoms with Crippen LogP contribution >= 0.6 is 46.9 Å². The maximum absolute atomic E-state index is 12.2. The van der Waals surface area contributed by atoms with Gasteiger partial charge in [0.05, 0.1) is 10.9 Å². The Labute approximate surface area is 193 Å². The Morgan fingerprint density at radius 3 is 2.45 bits per heavy atom. The molecule has 0 bridgehead atoms. The lowest BCUT2D eigenvalue weighted by molar-refractivity contribution is -0.153. The fourth-order valence-corrected chi connectivity index (χ4v) is 3.22. The molecular weight excluding hydrogens is 542 g/mol. The SMILES string of the molecule is CCNC(=NCc1ccc(OCC(F)(F)F)cc1)NCC(O)c1ccc(Cl)s1.I. The summed E-state index contributed by atoms with van der Waals surface area (Å²) in [5.41, 5.74) is 0.808. The van der Waals surface area contributed by atoms with Crippen molar-refractivity contribution in [1.29, 1.82) is 0 Å². The number of hydrogen-bond acceptors (Lipinski definition) is 4. The molecule has 0 fully saturated rings. The van der Waals surface area contributed by atoms with Crippen molar-refractivity contribution in [2.75, 3.05) is 19.7 Å². The number of rotatable bonds is 8. The number of hydrogen-bond donors (Lipinski definition) is 3. The molecule has 29 heavy (non-hydrogen) atoms. The highest BCUT2D eigenvalue weighted by atomic mass is 127. The Morgan fingerprint density at radius 1 is 1.21 bits per heavy atom. The molecule has 0 aliphatic rings. The van der Waals surface area contributed by atoms with Crippen molar-refractivity contribution < 1.29 is 23.0 Å². The molecule has 1 heterocycles. The smallest absolute Gasteiger partial charge is 0.422 e. The molecule has 2 rings (SSSR count). The molecule has 11 heteroatoms. The van der Waals surface area contributed by atoms with Gasteiger partial charge in [0.2, 0.25) is 0 Å². The van der Waals surface area contributed by atoms with E-state index in [2.05, 4.69) is 20.4 Å². The number of benzene rings is 1. The highest BCUT2D eigenvalue weighted by Crippen LogP contribution is 2.26. The highest BCUT2D eigenvalue weighted by molar-refractivity contribution is 14.0. The van der Waals surface area contributed by atoms with Crippen LogP contribution in [0.1, 0.15) is 23.5 Å². The zero-order chi connectivity index (χ0) is 20.6. The summed E-state index contributed by atoms with van der Waals surface area (Å²) < 4.78 is 41.8. The lowest BCUT2D eigenvalue weighted by atomic mass is 10.2. The van der Waals surface area contributed by atoms with Gasteiger partial charge in [-0.2, -0.15) is 13.2 Å². The van der Waals surface area contributed by atoms with Gasteiger partial charge in [-0.1, -0.05) is 23.7 Å². The number of halogens is 5. The fraction of sp³-hybridized carbons (Fsp3) is 0.389. The van der Waals surface area contributed by atoms with Crippen LogP contribution in [0.2, 0.25) is 4.34 Å². The summed E-state index contributed by atoms with van der Waals surface area (Å²) in [5.74, 6) is 0.661. The van der Waals surface area contributed by atoms with Crippen LogP contribution in [0, 0.1) is 0 Å². The second-order valence-corrected chi connectivity index (χ2v) is 7.53. The van der Waals surface area contributed by atoms with Crippen molar-refractivity contribution in [2.45, 2.75) is 25.7 Å². The molecule has 0 radical (unpaired) electrons. The number of thiophene rings is 1. The van der Waals surface area contributed by atoms with E-state index in [0.717, 1.165) is 10.4 Å². The van der Waals surface area contributed by atoms with Crippen LogP contribution in [-0.2, 0) is 6.54 Å². The number of guanidine groups is 1. The number of aliphatic hydroxyl groups is 1. The molecule has 1 unspecified atom stereocenters. The van der Waals surface area contributed by atoms with Gasteiger partial charge in [-0.25, -0.2) is 4.99 Å². The Kier molecular flexibility index (Phi) is 11.1. The first kappa shape index (κ1) is 25.8. The molecule has 1 atom stereocenters. The van der Waals surface area contributed by atoms with Crippen molar-refractivity contribution in [2.24, 2.45) is 4.99 Å². The van der Waals surface area contributed by atoms with E-state index in [4.69, 9.17) is 11.6 Å². The quantitative estimate of drug-likeness (QED) is 0.246. The van der Waals surface area contributed by atoms with Crippen molar-refractivity contribution >= 4 is 52.9 Å². The summed E-state index contributed by atoms with van der Waals surface area (Å²) in [6.45, 7) is 1.80. The molecule has 0 aliphatic carbocycles. The maximum atomic E-state index is 12.2. The molecule has 0 aliphatic heterocycles. The minimum Gasteiger partial charge on any atom is -0.484 e. The molecule has 2 aromatic rings. The van der Waals surface area contributed by atoms with Crippen LogP contribution in [0.15, 0.2) is 41.4 Å². The summed E-state index contributed by atoms with van der Waals surface area (Å²) >= 11 is 7.18. The summed E-state index contributed by atoms with van der Waals surface area (Å²) in [7, 11) is 0. The summed E-state index contributed by atoms with van der Waals surface area (Å²) in [4.78, 5) is 5.16. The van der Waals surface area contributed by atoms with Gasteiger partial charge in [-0.3, -0.25) is 0 Å². The van der Waals surface area contributed by atoms with Crippen LogP contribution in [-0.4, -0.2) is 36.9 Å². The predicted octanol–water partition coefficient (Wildman–Crippen LogP) is 4.75. The number of nitrogens with zero attached hydrogens (tertiary/aromatic N) is 1. The highest BCUT2D eigenvalue weighted by Gasteiger charge is 2.28. The lowest BCUT2D eigenvalue weighted by Gasteiger charge is -2.14. The van der Waals surface area contributed by atoms with Crippen molar-refractivity contribution in [3.8, 4) is 5.75 Å². The molecule has 3 N–H and O–H groups in total. The van der Waals surface area contributed by atoms with Crippen LogP contribution in [0.4, 0.5) is 13.2 Å². The first-order valence-corrected chi connectivity index (χ1v) is 9.70. The van der Waals surface area contributed by atoms with E-state index < -0.39 is 18.9 Å². The van der Waals surface area contributed by atoms with Gasteiger partial charge in [0.15, 0.2) is 12.6 Å². The Balaban J connectivity index is 0.00000420. The Bertz CT molecular complexity index is 772. The minimum atomic E-state index is -4.37. The van der Waals surface area contributed by atoms with Crippen molar-refractivity contribution in [3.63, 3.8) is 0 Å². The Morgan fingerprint density at radius 2 is 1.90 bits per heavy atom. The van der Waals surface area contributed by atoms with Crippen molar-refractivity contribution in [1.82, 2.24) is 10.6 Å². The second-order valence-electron chi connectivity index (χ2n) is 5.78. The van der Waals surface area contributed by atoms with Gasteiger partial charge >= 0.3 is 6.18 Å². The third-order valence-corrected chi connectivity index (χ3v) is 4.81. The monoisotopic (exact) mass is 563 g/mol. The van der Waals surface area contributed by atoms with E-state index in [0.29, 0.717) is 23.4 Å². The van der Waals surface area contributed by atoms with Gasteiger partial charge in [0.1, 0.15) is 11.9 Å². The number of nitrogens with one attached hydrogen (secondary N) is 2. The average Bonchev–Trinajstić information content (AvgIpc) is 3.09. The largest absolute Gasteiger partial charge is 0.484 e. The summed E-state index contributed by atoms with van der Waals surface area (Å²) in [6.07, 6.45) is -5.08. The Hall–Kier alpha value is -1.24. The molecule has 0 saturated carbocycles. The van der Waals surface area contributed by atoms with Crippen molar-refractivity contribution in [3.05, 3.63) is 51.2 Å². The third-order valence-electron chi connectivity index (χ3n) is 3.48. The van der Waals surface area contributed by atoms with E-state index in [1.807, 2.05) is 6.92 Å². The van der Waals surface area contributed by atoms with Gasteiger partial charge in [-0.05, 0) is 36.8 Å². The van der Waals surface area contributed by atoms with E-state index in [1.165, 1.54) is 23.5 Å². The van der Waals surface area contributed by atoms with E-state index >= 15 is 0 Å². The van der Waals surface area contributed by atoms with Gasteiger partial charge in [0, 0.05) is 18.0 Å². The first-order valence-electron chi connectivity index (χ1n) is 8.51. The molecule has 0 saturated heterocycles. The molecule has 0 spiro atoms. The van der Waals surface area contributed by atoms with Crippen LogP contribution in [0.5, 0.6) is 5.75 Å². The maximum Gasteiger partial charge on any atom is 0.422 e. The van der Waals surface area contributed by atoms with Gasteiger partial charge < -0.3 is 20.5 Å². The topological polar surface area (TPSA) is 65.9 Å². The predicted molar refractivity (Wildman–Crippen MR) is 121 cm³/mol. The van der Waals surface area contributed by atoms with Crippen LogP contribution < -0.4 is 15.4 Å². The average molecular weight is 564 g/mol. The molecule has 5 nitrogen and oxygen atoms in total. The molecule has 1 aromatic carbocycles. The number of aliphatic hydroxyl groups excluding tert-OH is 1. The number of aliphatic imine (C=N–C) groups is 1. The van der Waals surface area contributed by atoms with Gasteiger partial charge in [0.25, 0.3) is 0 Å². The van der Waals surface area contributed by atoms with E-state index in [-0.39, 0.29) is 36.3 Å². The molecule has 162 valence electrons. The van der Waals surface area contributed by atoms with E-state index in [9.17, 15) is 18.3 Å². The zero-order valence-electron chi connectivity index (χ0n) is 15.5. The standard InChI is InChI=1S/C18H21ClF3N3O2S.HI/c1-2-23-17(25-10-14(26)15-7-8-16(19)28-15)24-9-12-3-5-13(6-4-12)27-11-18(20,21)22;/h3-8,14,26H,2,9-11H2,1H3,(H2,23,24,25);1H. The number of alkyl halides is 3. The normalized spacial score (nSPS) is 12.8. The fourth-order valence-electron chi connectivity index (χ4n) is 2.17. The summed E-state index contributed by atoms with van der Waals surface area (Å²) in [5, 5.41) is 16.3. The van der Waals surface area contributed by atoms with Gasteiger partial charge in [-0.15, -0.1) is 35.3 Å².